The lowest BCUT2D eigenvalue weighted by molar-refractivity contribution is -0.128. The number of rotatable bonds is 5. The van der Waals surface area contributed by atoms with E-state index in [9.17, 15) is 9.90 Å². The smallest absolute Gasteiger partial charge is 0.225 e. The molecule has 0 heterocycles. The minimum atomic E-state index is -0.791. The molecule has 5 heteroatoms. The van der Waals surface area contributed by atoms with Crippen LogP contribution in [0.4, 0.5) is 0 Å². The summed E-state index contributed by atoms with van der Waals surface area (Å²) in [4.78, 5) is 11.8. The number of aliphatic hydroxyl groups is 1. The molecule has 20 heavy (non-hydrogen) atoms. The lowest BCUT2D eigenvalue weighted by Gasteiger charge is -2.20. The van der Waals surface area contributed by atoms with Crippen LogP contribution >= 0.6 is 0 Å². The normalized spacial score (nSPS) is 12.7. The highest BCUT2D eigenvalue weighted by Crippen LogP contribution is 2.29. The predicted octanol–water partition coefficient (Wildman–Crippen LogP) is 1.90. The molecule has 0 aliphatic heterocycles. The molecule has 0 saturated heterocycles. The maximum Gasteiger partial charge on any atom is 0.225 e. The van der Waals surface area contributed by atoms with Crippen molar-refractivity contribution in [2.75, 3.05) is 20.8 Å². The highest BCUT2D eigenvalue weighted by Gasteiger charge is 2.22. The Hall–Kier alpha value is -1.75. The monoisotopic (exact) mass is 281 g/mol. The Bertz CT molecular complexity index is 465. The average molecular weight is 281 g/mol. The van der Waals surface area contributed by atoms with Crippen LogP contribution < -0.4 is 14.8 Å². The number of ether oxygens (including phenoxy) is 2. The minimum Gasteiger partial charge on any atom is -0.493 e. The molecule has 1 atom stereocenters. The van der Waals surface area contributed by atoms with Crippen LogP contribution in [-0.4, -0.2) is 31.8 Å². The van der Waals surface area contributed by atoms with Gasteiger partial charge in [0.25, 0.3) is 0 Å². The summed E-state index contributed by atoms with van der Waals surface area (Å²) in [5, 5.41) is 12.8. The molecule has 0 saturated carbocycles. The summed E-state index contributed by atoms with van der Waals surface area (Å²) in [7, 11) is 3.09. The lowest BCUT2D eigenvalue weighted by atomic mass is 9.95. The number of nitrogens with one attached hydrogen (secondary N) is 1. The van der Waals surface area contributed by atoms with Gasteiger partial charge in [0.15, 0.2) is 11.5 Å². The number of carbonyl (C=O) groups is 1. The fourth-order valence-electron chi connectivity index (χ4n) is 1.63. The van der Waals surface area contributed by atoms with Crippen LogP contribution in [0.15, 0.2) is 18.2 Å². The average Bonchev–Trinajstić information content (AvgIpc) is 2.42. The van der Waals surface area contributed by atoms with Crippen LogP contribution in [0.5, 0.6) is 11.5 Å². The van der Waals surface area contributed by atoms with Gasteiger partial charge in [-0.25, -0.2) is 0 Å². The van der Waals surface area contributed by atoms with E-state index in [1.807, 2.05) is 20.8 Å². The van der Waals surface area contributed by atoms with Crippen LogP contribution in [0, 0.1) is 5.41 Å². The molecule has 2 N–H and O–H groups in total. The van der Waals surface area contributed by atoms with Crippen molar-refractivity contribution in [3.8, 4) is 11.5 Å². The van der Waals surface area contributed by atoms with E-state index in [0.717, 1.165) is 0 Å². The molecule has 1 unspecified atom stereocenters. The third-order valence-electron chi connectivity index (χ3n) is 2.93. The number of methoxy groups -OCH3 is 2. The fraction of sp³-hybridized carbons (Fsp3) is 0.533. The van der Waals surface area contributed by atoms with Crippen LogP contribution in [0.1, 0.15) is 32.4 Å². The Labute approximate surface area is 119 Å². The second-order valence-corrected chi connectivity index (χ2v) is 5.59. The third-order valence-corrected chi connectivity index (χ3v) is 2.93. The van der Waals surface area contributed by atoms with Crippen LogP contribution in [0.3, 0.4) is 0 Å². The van der Waals surface area contributed by atoms with Crippen LogP contribution in [-0.2, 0) is 4.79 Å². The molecule has 1 rings (SSSR count). The molecule has 112 valence electrons. The summed E-state index contributed by atoms with van der Waals surface area (Å²) in [6.07, 6.45) is -0.791. The number of carbonyl (C=O) groups excluding carboxylic acids is 1. The maximum absolute atomic E-state index is 11.8. The Kier molecular flexibility index (Phi) is 5.39. The molecule has 0 aromatic heterocycles. The molecule has 1 aromatic rings. The molecule has 5 nitrogen and oxygen atoms in total. The van der Waals surface area contributed by atoms with Crippen molar-refractivity contribution in [3.63, 3.8) is 0 Å². The summed E-state index contributed by atoms with van der Waals surface area (Å²) in [5.41, 5.74) is 0.189. The Morgan fingerprint density at radius 3 is 2.35 bits per heavy atom. The van der Waals surface area contributed by atoms with Gasteiger partial charge in [0.1, 0.15) is 0 Å². The number of benzene rings is 1. The van der Waals surface area contributed by atoms with E-state index in [1.165, 1.54) is 7.11 Å². The fourth-order valence-corrected chi connectivity index (χ4v) is 1.63. The highest BCUT2D eigenvalue weighted by molar-refractivity contribution is 5.81. The number of aliphatic hydroxyl groups excluding tert-OH is 1. The quantitative estimate of drug-likeness (QED) is 0.865. The summed E-state index contributed by atoms with van der Waals surface area (Å²) < 4.78 is 10.3. The zero-order valence-corrected chi connectivity index (χ0v) is 12.7. The molecular weight excluding hydrogens is 258 g/mol. The molecule has 0 spiro atoms. The van der Waals surface area contributed by atoms with Gasteiger partial charge in [0, 0.05) is 12.0 Å². The van der Waals surface area contributed by atoms with Gasteiger partial charge >= 0.3 is 0 Å². The van der Waals surface area contributed by atoms with Crippen molar-refractivity contribution in [2.45, 2.75) is 26.9 Å². The van der Waals surface area contributed by atoms with Crippen molar-refractivity contribution in [1.29, 1.82) is 0 Å². The van der Waals surface area contributed by atoms with Gasteiger partial charge in [-0.05, 0) is 17.7 Å². The standard InChI is InChI=1S/C15H23NO4/c1-15(2,3)14(18)16-9-11(17)10-6-7-12(19-4)13(8-10)20-5/h6-8,11,17H,9H2,1-5H3,(H,16,18). The zero-order chi connectivity index (χ0) is 15.3. The molecule has 0 bridgehead atoms. The number of hydrogen-bond donors (Lipinski definition) is 2. The number of amides is 1. The van der Waals surface area contributed by atoms with E-state index in [4.69, 9.17) is 9.47 Å². The predicted molar refractivity (Wildman–Crippen MR) is 77.0 cm³/mol. The second-order valence-electron chi connectivity index (χ2n) is 5.59. The van der Waals surface area contributed by atoms with Crippen molar-refractivity contribution in [2.24, 2.45) is 5.41 Å². The SMILES string of the molecule is COc1ccc(C(O)CNC(=O)C(C)(C)C)cc1OC. The first-order valence-corrected chi connectivity index (χ1v) is 6.48. The van der Waals surface area contributed by atoms with Gasteiger partial charge < -0.3 is 19.9 Å². The Morgan fingerprint density at radius 2 is 1.85 bits per heavy atom. The van der Waals surface area contributed by atoms with Gasteiger partial charge in [0.05, 0.1) is 20.3 Å². The number of hydrogen-bond acceptors (Lipinski definition) is 4. The largest absolute Gasteiger partial charge is 0.493 e. The van der Waals surface area contributed by atoms with Crippen LogP contribution in [0.25, 0.3) is 0 Å². The Balaban J connectivity index is 2.73. The summed E-state index contributed by atoms with van der Waals surface area (Å²) in [6, 6.07) is 5.17. The second kappa shape index (κ2) is 6.61. The Morgan fingerprint density at radius 1 is 1.25 bits per heavy atom. The molecule has 1 aromatic carbocycles. The van der Waals surface area contributed by atoms with E-state index in [2.05, 4.69) is 5.32 Å². The first-order valence-electron chi connectivity index (χ1n) is 6.48. The van der Waals surface area contributed by atoms with Crippen molar-refractivity contribution >= 4 is 5.91 Å². The van der Waals surface area contributed by atoms with E-state index in [0.29, 0.717) is 17.1 Å². The van der Waals surface area contributed by atoms with Crippen molar-refractivity contribution in [1.82, 2.24) is 5.32 Å². The summed E-state index contributed by atoms with van der Waals surface area (Å²) >= 11 is 0. The third kappa shape index (κ3) is 4.13. The zero-order valence-electron chi connectivity index (χ0n) is 12.7. The molecule has 0 fully saturated rings. The molecule has 0 aliphatic carbocycles. The van der Waals surface area contributed by atoms with E-state index < -0.39 is 11.5 Å². The minimum absolute atomic E-state index is 0.1000. The first-order chi connectivity index (χ1) is 9.29. The van der Waals surface area contributed by atoms with Gasteiger partial charge in [0.2, 0.25) is 5.91 Å². The van der Waals surface area contributed by atoms with E-state index in [-0.39, 0.29) is 12.5 Å². The molecule has 0 radical (unpaired) electrons. The van der Waals surface area contributed by atoms with Crippen molar-refractivity contribution in [3.05, 3.63) is 23.8 Å². The van der Waals surface area contributed by atoms with Crippen LogP contribution in [0.2, 0.25) is 0 Å². The van der Waals surface area contributed by atoms with Gasteiger partial charge in [-0.3, -0.25) is 4.79 Å². The topological polar surface area (TPSA) is 67.8 Å². The molecule has 1 amide bonds. The molecular formula is C15H23NO4. The van der Waals surface area contributed by atoms with E-state index in [1.54, 1.807) is 25.3 Å². The molecule has 0 aliphatic rings. The summed E-state index contributed by atoms with van der Waals surface area (Å²) in [6.45, 7) is 5.63. The van der Waals surface area contributed by atoms with Crippen molar-refractivity contribution < 1.29 is 19.4 Å². The summed E-state index contributed by atoms with van der Waals surface area (Å²) in [5.74, 6) is 1.05. The highest BCUT2D eigenvalue weighted by atomic mass is 16.5. The maximum atomic E-state index is 11.8. The van der Waals surface area contributed by atoms with Gasteiger partial charge in [-0.15, -0.1) is 0 Å². The van der Waals surface area contributed by atoms with Gasteiger partial charge in [-0.1, -0.05) is 26.8 Å². The van der Waals surface area contributed by atoms with Gasteiger partial charge in [-0.2, -0.15) is 0 Å². The first kappa shape index (κ1) is 16.3. The lowest BCUT2D eigenvalue weighted by Crippen LogP contribution is -2.37. The van der Waals surface area contributed by atoms with E-state index >= 15 is 0 Å².